The molecule has 0 amide bonds. The Morgan fingerprint density at radius 2 is 2.33 bits per heavy atom. The topological polar surface area (TPSA) is 29.5 Å². The molecule has 2 nitrogen and oxygen atoms in total. The largest absolute Gasteiger partial charge is 0.396 e. The van der Waals surface area contributed by atoms with E-state index in [0.29, 0.717) is 25.9 Å². The monoisotopic (exact) mass is 308 g/mol. The fourth-order valence-corrected chi connectivity index (χ4v) is 1.76. The first-order valence-electron chi connectivity index (χ1n) is 3.83. The average molecular weight is 308 g/mol. The van der Waals surface area contributed by atoms with Crippen LogP contribution in [0, 0.1) is 5.41 Å². The zero-order valence-corrected chi connectivity index (χ0v) is 10.3. The summed E-state index contributed by atoms with van der Waals surface area (Å²) >= 11 is 2.12. The highest BCUT2D eigenvalue weighted by Gasteiger charge is 2.23. The fourth-order valence-electron chi connectivity index (χ4n) is 0.885. The molecule has 74 valence electrons. The van der Waals surface area contributed by atoms with Gasteiger partial charge in [-0.05, 0) is 34.9 Å². The predicted octanol–water partition coefficient (Wildman–Crippen LogP) is 2.69. The fraction of sp³-hybridized carbons (Fsp3) is 1.00. The Morgan fingerprint density at radius 3 is 2.75 bits per heavy atom. The van der Waals surface area contributed by atoms with Crippen molar-refractivity contribution in [2.75, 3.05) is 19.9 Å². The molecule has 0 heterocycles. The van der Waals surface area contributed by atoms with Crippen LogP contribution in [0.2, 0.25) is 0 Å². The Labute approximate surface area is 87.6 Å². The van der Waals surface area contributed by atoms with E-state index < -0.39 is 5.41 Å². The Hall–Kier alpha value is 1.01. The SMILES string of the molecule is CC(CF)(CCCO)COPI. The van der Waals surface area contributed by atoms with Crippen molar-refractivity contribution in [1.29, 1.82) is 0 Å². The Morgan fingerprint density at radius 1 is 1.67 bits per heavy atom. The van der Waals surface area contributed by atoms with Gasteiger partial charge in [-0.15, -0.1) is 0 Å². The van der Waals surface area contributed by atoms with Crippen LogP contribution in [-0.4, -0.2) is 25.0 Å². The number of alkyl halides is 1. The summed E-state index contributed by atoms with van der Waals surface area (Å²) in [5, 5.41) is 8.59. The van der Waals surface area contributed by atoms with Gasteiger partial charge in [0, 0.05) is 12.0 Å². The zero-order chi connectivity index (χ0) is 9.45. The number of hydrogen-bond donors (Lipinski definition) is 1. The van der Waals surface area contributed by atoms with Gasteiger partial charge in [0.1, 0.15) is 0 Å². The maximum absolute atomic E-state index is 12.5. The minimum absolute atomic E-state index is 0.127. The number of aliphatic hydroxyl groups excluding tert-OH is 1. The molecule has 5 heteroatoms. The Balaban J connectivity index is 3.70. The van der Waals surface area contributed by atoms with Crippen LogP contribution in [0.25, 0.3) is 0 Å². The van der Waals surface area contributed by atoms with Crippen LogP contribution >= 0.6 is 28.5 Å². The first-order valence-corrected chi connectivity index (χ1v) is 7.85. The van der Waals surface area contributed by atoms with Crippen LogP contribution in [0.5, 0.6) is 0 Å². The molecule has 0 fully saturated rings. The first kappa shape index (κ1) is 13.0. The molecule has 12 heavy (non-hydrogen) atoms. The molecule has 0 aromatic heterocycles. The second-order valence-electron chi connectivity index (χ2n) is 3.14. The minimum Gasteiger partial charge on any atom is -0.396 e. The summed E-state index contributed by atoms with van der Waals surface area (Å²) < 4.78 is 17.7. The number of rotatable bonds is 7. The summed E-state index contributed by atoms with van der Waals surface area (Å²) in [7, 11) is 0. The van der Waals surface area contributed by atoms with E-state index in [-0.39, 0.29) is 13.3 Å². The molecular weight excluding hydrogens is 293 g/mol. The molecule has 0 saturated carbocycles. The van der Waals surface area contributed by atoms with Gasteiger partial charge in [-0.3, -0.25) is 4.39 Å². The third-order valence-electron chi connectivity index (χ3n) is 1.74. The summed E-state index contributed by atoms with van der Waals surface area (Å²) in [5.41, 5.74) is -0.402. The number of hydrogen-bond acceptors (Lipinski definition) is 2. The van der Waals surface area contributed by atoms with Gasteiger partial charge < -0.3 is 9.63 Å². The lowest BCUT2D eigenvalue weighted by Crippen LogP contribution is -2.24. The van der Waals surface area contributed by atoms with Gasteiger partial charge in [0.05, 0.1) is 19.7 Å². The quantitative estimate of drug-likeness (QED) is 0.579. The molecule has 2 unspecified atom stereocenters. The molecule has 0 rings (SSSR count). The maximum Gasteiger partial charge on any atom is 0.0970 e. The smallest absolute Gasteiger partial charge is 0.0970 e. The van der Waals surface area contributed by atoms with Gasteiger partial charge in [-0.25, -0.2) is 0 Å². The van der Waals surface area contributed by atoms with Crippen molar-refractivity contribution in [2.45, 2.75) is 19.8 Å². The predicted molar refractivity (Wildman–Crippen MR) is 58.7 cm³/mol. The molecule has 2 atom stereocenters. The normalized spacial score (nSPS) is 17.0. The molecule has 0 saturated heterocycles. The third kappa shape index (κ3) is 5.62. The van der Waals surface area contributed by atoms with Gasteiger partial charge >= 0.3 is 0 Å². The zero-order valence-electron chi connectivity index (χ0n) is 7.15. The average Bonchev–Trinajstić information content (AvgIpc) is 2.11. The van der Waals surface area contributed by atoms with E-state index in [2.05, 4.69) is 22.0 Å². The molecule has 0 aliphatic rings. The van der Waals surface area contributed by atoms with Crippen LogP contribution in [0.4, 0.5) is 4.39 Å². The molecule has 0 aliphatic carbocycles. The molecule has 0 radical (unpaired) electrons. The standard InChI is InChI=1S/C7H15FIO2P/c1-7(5-8,3-2-4-10)6-11-12-9/h10,12H,2-6H2,1H3. The second kappa shape index (κ2) is 7.42. The van der Waals surface area contributed by atoms with E-state index in [0.717, 1.165) is 0 Å². The molecule has 0 spiro atoms. The highest BCUT2D eigenvalue weighted by molar-refractivity contribution is 14.2. The van der Waals surface area contributed by atoms with E-state index in [1.54, 1.807) is 0 Å². The maximum atomic E-state index is 12.5. The van der Waals surface area contributed by atoms with Crippen LogP contribution in [-0.2, 0) is 4.52 Å². The van der Waals surface area contributed by atoms with Gasteiger partial charge in [-0.1, -0.05) is 6.92 Å². The van der Waals surface area contributed by atoms with Crippen molar-refractivity contribution in [3.8, 4) is 0 Å². The Kier molecular flexibility index (Phi) is 8.04. The van der Waals surface area contributed by atoms with Crippen molar-refractivity contribution in [2.24, 2.45) is 5.41 Å². The van der Waals surface area contributed by atoms with Gasteiger partial charge in [0.2, 0.25) is 0 Å². The molecule has 0 aliphatic heterocycles. The summed E-state index contributed by atoms with van der Waals surface area (Å²) in [6.45, 7) is 2.42. The van der Waals surface area contributed by atoms with Gasteiger partial charge in [0.25, 0.3) is 0 Å². The van der Waals surface area contributed by atoms with E-state index in [9.17, 15) is 4.39 Å². The van der Waals surface area contributed by atoms with E-state index >= 15 is 0 Å². The van der Waals surface area contributed by atoms with Crippen molar-refractivity contribution in [3.63, 3.8) is 0 Å². The molecule has 0 aromatic carbocycles. The number of aliphatic hydroxyl groups is 1. The molecule has 0 aromatic rings. The van der Waals surface area contributed by atoms with E-state index in [1.165, 1.54) is 0 Å². The van der Waals surface area contributed by atoms with E-state index in [1.807, 2.05) is 6.92 Å². The third-order valence-corrected chi connectivity index (χ3v) is 2.92. The Bertz CT molecular complexity index is 108. The minimum atomic E-state index is -0.402. The van der Waals surface area contributed by atoms with E-state index in [4.69, 9.17) is 9.63 Å². The molecule has 1 N–H and O–H groups in total. The van der Waals surface area contributed by atoms with Crippen molar-refractivity contribution in [1.82, 2.24) is 0 Å². The van der Waals surface area contributed by atoms with Crippen molar-refractivity contribution in [3.05, 3.63) is 0 Å². The lowest BCUT2D eigenvalue weighted by molar-refractivity contribution is 0.119. The second-order valence-corrected chi connectivity index (χ2v) is 4.90. The van der Waals surface area contributed by atoms with Crippen LogP contribution in [0.3, 0.4) is 0 Å². The van der Waals surface area contributed by atoms with Gasteiger partial charge in [-0.2, -0.15) is 0 Å². The highest BCUT2D eigenvalue weighted by atomic mass is 127. The first-order chi connectivity index (χ1) is 5.68. The van der Waals surface area contributed by atoms with Gasteiger partial charge in [0.15, 0.2) is 0 Å². The molecular formula is C7H15FIO2P. The summed E-state index contributed by atoms with van der Waals surface area (Å²) in [5.74, 6) is 0. The van der Waals surface area contributed by atoms with Crippen LogP contribution in [0.15, 0.2) is 0 Å². The summed E-state index contributed by atoms with van der Waals surface area (Å²) in [6.07, 6.45) is 1.33. The lowest BCUT2D eigenvalue weighted by Gasteiger charge is -2.24. The summed E-state index contributed by atoms with van der Waals surface area (Å²) in [6, 6.07) is 0. The molecule has 0 bridgehead atoms. The van der Waals surface area contributed by atoms with Crippen molar-refractivity contribution < 1.29 is 14.0 Å². The highest BCUT2D eigenvalue weighted by Crippen LogP contribution is 2.30. The number of halogens is 2. The summed E-state index contributed by atoms with van der Waals surface area (Å²) in [4.78, 5) is 0. The van der Waals surface area contributed by atoms with Crippen LogP contribution in [0.1, 0.15) is 19.8 Å². The van der Waals surface area contributed by atoms with Crippen molar-refractivity contribution >= 4 is 28.5 Å². The van der Waals surface area contributed by atoms with Crippen LogP contribution < -0.4 is 0 Å². The lowest BCUT2D eigenvalue weighted by atomic mass is 9.88.